The number of nitrogens with two attached hydrogens (primary N) is 1. The first-order valence-electron chi connectivity index (χ1n) is 13.7. The fourth-order valence-corrected chi connectivity index (χ4v) is 7.71. The van der Waals surface area contributed by atoms with Crippen molar-refractivity contribution in [3.05, 3.63) is 48.2 Å². The Morgan fingerprint density at radius 1 is 1.00 bits per heavy atom. The fourth-order valence-electron chi connectivity index (χ4n) is 5.03. The lowest BCUT2D eigenvalue weighted by atomic mass is 9.82. The molecule has 0 spiro atoms. The first-order chi connectivity index (χ1) is 20.7. The largest absolute Gasteiger partial charge is 0.464 e. The van der Waals surface area contributed by atoms with Gasteiger partial charge in [-0.2, -0.15) is 0 Å². The van der Waals surface area contributed by atoms with Gasteiger partial charge in [0.2, 0.25) is 0 Å². The Morgan fingerprint density at radius 3 is 2.32 bits per heavy atom. The molecule has 236 valence electrons. The minimum atomic E-state index is -1.12. The van der Waals surface area contributed by atoms with Gasteiger partial charge in [0.15, 0.2) is 11.4 Å². The number of carbonyl (C=O) groups is 3. The number of hydrogen-bond acceptors (Lipinski definition) is 15. The van der Waals surface area contributed by atoms with Gasteiger partial charge in [0.25, 0.3) is 0 Å². The third-order valence-corrected chi connectivity index (χ3v) is 10.1. The molecule has 0 radical (unpaired) electrons. The molecular weight excluding hydrogens is 629 g/mol. The van der Waals surface area contributed by atoms with Crippen LogP contribution in [-0.2, 0) is 24.5 Å². The van der Waals surface area contributed by atoms with Crippen molar-refractivity contribution in [3.63, 3.8) is 0 Å². The van der Waals surface area contributed by atoms with Gasteiger partial charge < -0.3 is 24.7 Å². The summed E-state index contributed by atoms with van der Waals surface area (Å²) in [6.45, 7) is 9.29. The third kappa shape index (κ3) is 6.13. The summed E-state index contributed by atoms with van der Waals surface area (Å²) in [4.78, 5) is 58.1. The van der Waals surface area contributed by atoms with E-state index in [1.165, 1.54) is 48.2 Å². The van der Waals surface area contributed by atoms with Gasteiger partial charge in [-0.3, -0.25) is 9.89 Å². The van der Waals surface area contributed by atoms with E-state index in [1.807, 2.05) is 40.0 Å². The first-order valence-corrected chi connectivity index (χ1v) is 16.4. The van der Waals surface area contributed by atoms with Crippen molar-refractivity contribution in [2.75, 3.05) is 20.8 Å². The van der Waals surface area contributed by atoms with Crippen molar-refractivity contribution >= 4 is 57.8 Å². The summed E-state index contributed by atoms with van der Waals surface area (Å²) in [6.07, 6.45) is 0.354. The zero-order valence-electron chi connectivity index (χ0n) is 25.4. The number of nitrogens with zero attached hydrogens (tertiary/aromatic N) is 5. The highest BCUT2D eigenvalue weighted by molar-refractivity contribution is 7.12. The van der Waals surface area contributed by atoms with Gasteiger partial charge >= 0.3 is 18.0 Å². The maximum absolute atomic E-state index is 13.3. The SMILES string of the molecule is COC(=O)c1csc(C2=N[C@H](c3csc([C@@H]4COC(C)(C)N4C(=O)OC(C)(C)C)n3)[C@@](N)(c3nc(C(=O)OC)cs3)CC2)n1. The summed E-state index contributed by atoms with van der Waals surface area (Å²) in [5.41, 5.74) is 5.98. The Kier molecular flexibility index (Phi) is 8.67. The monoisotopic (exact) mass is 662 g/mol. The van der Waals surface area contributed by atoms with Crippen molar-refractivity contribution in [2.45, 2.75) is 76.4 Å². The molecule has 1 saturated heterocycles. The van der Waals surface area contributed by atoms with Crippen LogP contribution >= 0.6 is 34.0 Å². The van der Waals surface area contributed by atoms with Crippen LogP contribution in [0.4, 0.5) is 4.79 Å². The highest BCUT2D eigenvalue weighted by atomic mass is 32.1. The van der Waals surface area contributed by atoms with Crippen molar-refractivity contribution in [2.24, 2.45) is 10.7 Å². The van der Waals surface area contributed by atoms with E-state index < -0.39 is 47.0 Å². The van der Waals surface area contributed by atoms with Crippen LogP contribution in [0.3, 0.4) is 0 Å². The number of thiazole rings is 3. The highest BCUT2D eigenvalue weighted by Gasteiger charge is 2.49. The van der Waals surface area contributed by atoms with E-state index in [9.17, 15) is 14.4 Å². The molecule has 13 nitrogen and oxygen atoms in total. The molecule has 1 fully saturated rings. The molecule has 5 heterocycles. The molecule has 3 aromatic heterocycles. The lowest BCUT2D eigenvalue weighted by Crippen LogP contribution is -2.47. The summed E-state index contributed by atoms with van der Waals surface area (Å²) in [6, 6.07) is -1.21. The molecule has 0 saturated carbocycles. The topological polar surface area (TPSA) is 168 Å². The van der Waals surface area contributed by atoms with Crippen LogP contribution in [-0.4, -0.2) is 75.7 Å². The molecule has 0 bridgehead atoms. The number of aliphatic imine (C=N–C) groups is 1. The zero-order valence-corrected chi connectivity index (χ0v) is 27.9. The van der Waals surface area contributed by atoms with Crippen LogP contribution in [0.5, 0.6) is 0 Å². The van der Waals surface area contributed by atoms with E-state index >= 15 is 0 Å². The molecule has 44 heavy (non-hydrogen) atoms. The second kappa shape index (κ2) is 11.9. The molecule has 5 rings (SSSR count). The number of aromatic nitrogens is 3. The van der Waals surface area contributed by atoms with Gasteiger partial charge in [0, 0.05) is 16.1 Å². The van der Waals surface area contributed by atoms with E-state index in [2.05, 4.69) is 9.97 Å². The number of methoxy groups -OCH3 is 2. The van der Waals surface area contributed by atoms with Crippen LogP contribution < -0.4 is 5.73 Å². The van der Waals surface area contributed by atoms with Gasteiger partial charge in [-0.15, -0.1) is 34.0 Å². The van der Waals surface area contributed by atoms with E-state index in [1.54, 1.807) is 15.7 Å². The van der Waals surface area contributed by atoms with Crippen LogP contribution in [0.25, 0.3) is 0 Å². The maximum atomic E-state index is 13.3. The van der Waals surface area contributed by atoms with Crippen LogP contribution in [0.2, 0.25) is 0 Å². The second-order valence-corrected chi connectivity index (χ2v) is 14.4. The quantitative estimate of drug-likeness (QED) is 0.283. The number of carbonyl (C=O) groups excluding carboxylic acids is 3. The Balaban J connectivity index is 1.55. The number of rotatable bonds is 6. The van der Waals surface area contributed by atoms with E-state index in [0.717, 1.165) is 0 Å². The molecule has 0 unspecified atom stereocenters. The highest BCUT2D eigenvalue weighted by Crippen LogP contribution is 2.46. The second-order valence-electron chi connectivity index (χ2n) is 11.8. The van der Waals surface area contributed by atoms with Gasteiger partial charge in [-0.25, -0.2) is 29.3 Å². The first kappa shape index (κ1) is 32.1. The summed E-state index contributed by atoms with van der Waals surface area (Å²) >= 11 is 3.91. The average Bonchev–Trinajstić information content (AvgIpc) is 3.77. The molecule has 2 aliphatic rings. The Labute approximate surface area is 266 Å². The van der Waals surface area contributed by atoms with E-state index in [0.29, 0.717) is 39.3 Å². The van der Waals surface area contributed by atoms with Crippen molar-refractivity contribution in [1.82, 2.24) is 19.9 Å². The molecule has 2 N–H and O–H groups in total. The summed E-state index contributed by atoms with van der Waals surface area (Å²) in [7, 11) is 2.59. The van der Waals surface area contributed by atoms with Crippen LogP contribution in [0.1, 0.15) is 101 Å². The van der Waals surface area contributed by atoms with Gasteiger partial charge in [0.1, 0.15) is 38.4 Å². The molecule has 3 aromatic rings. The number of hydrogen-bond donors (Lipinski definition) is 1. The number of amides is 1. The van der Waals surface area contributed by atoms with Crippen molar-refractivity contribution < 1.29 is 33.3 Å². The molecule has 0 aromatic carbocycles. The molecule has 1 amide bonds. The Morgan fingerprint density at radius 2 is 1.66 bits per heavy atom. The smallest absolute Gasteiger partial charge is 0.413 e. The van der Waals surface area contributed by atoms with E-state index in [4.69, 9.17) is 34.7 Å². The third-order valence-electron chi connectivity index (χ3n) is 7.17. The zero-order chi connectivity index (χ0) is 32.0. The fraction of sp³-hybridized carbons (Fsp3) is 0.536. The average molecular weight is 663 g/mol. The van der Waals surface area contributed by atoms with E-state index in [-0.39, 0.29) is 18.0 Å². The summed E-state index contributed by atoms with van der Waals surface area (Å²) < 4.78 is 21.4. The minimum Gasteiger partial charge on any atom is -0.464 e. The molecule has 2 aliphatic heterocycles. The predicted molar refractivity (Wildman–Crippen MR) is 164 cm³/mol. The van der Waals surface area contributed by atoms with Gasteiger partial charge in [-0.1, -0.05) is 0 Å². The Bertz CT molecular complexity index is 1610. The lowest BCUT2D eigenvalue weighted by Gasteiger charge is -2.36. The molecule has 16 heteroatoms. The van der Waals surface area contributed by atoms with Gasteiger partial charge in [0.05, 0.1) is 37.8 Å². The lowest BCUT2D eigenvalue weighted by molar-refractivity contribution is -0.0626. The van der Waals surface area contributed by atoms with Crippen LogP contribution in [0, 0.1) is 0 Å². The standard InChI is InChI=1S/C28H34N6O7S3/c1-26(2,3)41-25(37)34-18(10-40-27(34,4)5)21-31-15(11-43-21)19-28(29,24-33-17(13-44-24)23(36)39-7)9-8-14(30-19)20-32-16(12-42-20)22(35)38-6/h11-13,18-19H,8-10,29H2,1-7H3/t18-,19+,28+/m0/s1. The van der Waals surface area contributed by atoms with Crippen molar-refractivity contribution in [1.29, 1.82) is 0 Å². The van der Waals surface area contributed by atoms with Gasteiger partial charge in [-0.05, 0) is 47.5 Å². The molecule has 0 aliphatic carbocycles. The summed E-state index contributed by atoms with van der Waals surface area (Å²) in [5, 5.41) is 6.82. The molecular formula is C28H34N6O7S3. The summed E-state index contributed by atoms with van der Waals surface area (Å²) in [5.74, 6) is -1.10. The number of ether oxygens (including phenoxy) is 4. The molecule has 3 atom stereocenters. The number of esters is 2. The van der Waals surface area contributed by atoms with Crippen LogP contribution in [0.15, 0.2) is 21.1 Å². The normalized spacial score (nSPS) is 23.3. The maximum Gasteiger partial charge on any atom is 0.413 e. The predicted octanol–water partition coefficient (Wildman–Crippen LogP) is 4.85. The Hall–Kier alpha value is -3.31. The minimum absolute atomic E-state index is 0.158. The van der Waals surface area contributed by atoms with Crippen molar-refractivity contribution in [3.8, 4) is 0 Å².